The molecule has 3 aromatic rings. The second kappa shape index (κ2) is 7.12. The van der Waals surface area contributed by atoms with Crippen molar-refractivity contribution in [2.24, 2.45) is 0 Å². The molecule has 0 radical (unpaired) electrons. The SMILES string of the molecule is COc1c(Cl)ccc2[nH]c3c(c12)CCN(CC(O)c1cccc(Cl)c1)C3. The van der Waals surface area contributed by atoms with Crippen LogP contribution in [0.1, 0.15) is 22.9 Å². The fourth-order valence-electron chi connectivity index (χ4n) is 3.75. The van der Waals surface area contributed by atoms with Crippen molar-refractivity contribution in [3.05, 3.63) is 63.3 Å². The number of methoxy groups -OCH3 is 1. The summed E-state index contributed by atoms with van der Waals surface area (Å²) in [5.74, 6) is 0.731. The molecule has 1 aliphatic rings. The van der Waals surface area contributed by atoms with Crippen molar-refractivity contribution in [2.75, 3.05) is 20.2 Å². The average molecular weight is 391 g/mol. The Balaban J connectivity index is 1.57. The normalized spacial score (nSPS) is 15.8. The topological polar surface area (TPSA) is 48.5 Å². The monoisotopic (exact) mass is 390 g/mol. The van der Waals surface area contributed by atoms with Crippen LogP contribution in [-0.2, 0) is 13.0 Å². The molecule has 136 valence electrons. The molecule has 0 spiro atoms. The summed E-state index contributed by atoms with van der Waals surface area (Å²) in [5.41, 5.74) is 4.29. The van der Waals surface area contributed by atoms with Gasteiger partial charge in [0.25, 0.3) is 0 Å². The van der Waals surface area contributed by atoms with Crippen LogP contribution in [0.3, 0.4) is 0 Å². The van der Waals surface area contributed by atoms with Crippen LogP contribution in [-0.4, -0.2) is 35.2 Å². The lowest BCUT2D eigenvalue weighted by atomic mass is 10.0. The zero-order chi connectivity index (χ0) is 18.3. The van der Waals surface area contributed by atoms with Crippen LogP contribution in [0, 0.1) is 0 Å². The van der Waals surface area contributed by atoms with Gasteiger partial charge >= 0.3 is 0 Å². The molecule has 0 aliphatic carbocycles. The zero-order valence-corrected chi connectivity index (χ0v) is 15.9. The number of hydrogen-bond donors (Lipinski definition) is 2. The van der Waals surface area contributed by atoms with Gasteiger partial charge in [-0.15, -0.1) is 0 Å². The maximum absolute atomic E-state index is 10.6. The molecule has 0 saturated carbocycles. The summed E-state index contributed by atoms with van der Waals surface area (Å²) in [6, 6.07) is 11.2. The number of aliphatic hydroxyl groups is 1. The van der Waals surface area contributed by atoms with Crippen LogP contribution in [0.4, 0.5) is 0 Å². The number of hydrogen-bond acceptors (Lipinski definition) is 3. The van der Waals surface area contributed by atoms with E-state index in [4.69, 9.17) is 27.9 Å². The van der Waals surface area contributed by atoms with Gasteiger partial charge in [-0.2, -0.15) is 0 Å². The van der Waals surface area contributed by atoms with E-state index in [-0.39, 0.29) is 0 Å². The van der Waals surface area contributed by atoms with E-state index in [9.17, 15) is 5.11 Å². The van der Waals surface area contributed by atoms with Gasteiger partial charge < -0.3 is 14.8 Å². The van der Waals surface area contributed by atoms with Gasteiger partial charge in [-0.3, -0.25) is 4.90 Å². The highest BCUT2D eigenvalue weighted by Crippen LogP contribution is 2.38. The minimum atomic E-state index is -0.566. The van der Waals surface area contributed by atoms with Crippen LogP contribution in [0.25, 0.3) is 10.9 Å². The molecule has 0 bridgehead atoms. The van der Waals surface area contributed by atoms with E-state index < -0.39 is 6.10 Å². The van der Waals surface area contributed by atoms with Gasteiger partial charge in [0.05, 0.1) is 18.2 Å². The maximum Gasteiger partial charge on any atom is 0.147 e. The molecule has 1 aromatic heterocycles. The van der Waals surface area contributed by atoms with Crippen LogP contribution in [0.5, 0.6) is 5.75 Å². The molecule has 6 heteroatoms. The molecule has 2 aromatic carbocycles. The Morgan fingerprint density at radius 2 is 2.12 bits per heavy atom. The third-order valence-electron chi connectivity index (χ3n) is 4.99. The van der Waals surface area contributed by atoms with Crippen LogP contribution >= 0.6 is 23.2 Å². The Hall–Kier alpha value is -1.72. The van der Waals surface area contributed by atoms with Crippen molar-refractivity contribution in [1.29, 1.82) is 0 Å². The fourth-order valence-corrected chi connectivity index (χ4v) is 4.19. The molecule has 26 heavy (non-hydrogen) atoms. The lowest BCUT2D eigenvalue weighted by Gasteiger charge is -2.29. The molecule has 0 amide bonds. The highest BCUT2D eigenvalue weighted by molar-refractivity contribution is 6.33. The van der Waals surface area contributed by atoms with E-state index in [0.29, 0.717) is 16.6 Å². The Bertz CT molecular complexity index is 954. The first-order valence-corrected chi connectivity index (χ1v) is 9.34. The van der Waals surface area contributed by atoms with E-state index in [1.54, 1.807) is 7.11 Å². The summed E-state index contributed by atoms with van der Waals surface area (Å²) in [4.78, 5) is 5.73. The lowest BCUT2D eigenvalue weighted by Crippen LogP contribution is -2.33. The maximum atomic E-state index is 10.6. The second-order valence-electron chi connectivity index (χ2n) is 6.64. The number of H-pyrrole nitrogens is 1. The molecule has 1 aliphatic heterocycles. The van der Waals surface area contributed by atoms with Crippen molar-refractivity contribution >= 4 is 34.1 Å². The average Bonchev–Trinajstić information content (AvgIpc) is 2.99. The number of β-amino-alcohol motifs (C(OH)–C–C–N with tert-alkyl or cyclic N) is 1. The Morgan fingerprint density at radius 3 is 2.88 bits per heavy atom. The van der Waals surface area contributed by atoms with Crippen molar-refractivity contribution < 1.29 is 9.84 Å². The summed E-state index contributed by atoms with van der Waals surface area (Å²) in [5, 5.41) is 12.9. The lowest BCUT2D eigenvalue weighted by molar-refractivity contribution is 0.105. The van der Waals surface area contributed by atoms with Gasteiger partial charge in [0.15, 0.2) is 0 Å². The number of aromatic nitrogens is 1. The van der Waals surface area contributed by atoms with E-state index >= 15 is 0 Å². The molecule has 4 nitrogen and oxygen atoms in total. The summed E-state index contributed by atoms with van der Waals surface area (Å²) in [6.07, 6.45) is 0.317. The Kier molecular flexibility index (Phi) is 4.84. The highest BCUT2D eigenvalue weighted by atomic mass is 35.5. The van der Waals surface area contributed by atoms with E-state index in [1.807, 2.05) is 36.4 Å². The van der Waals surface area contributed by atoms with E-state index in [1.165, 1.54) is 5.56 Å². The number of ether oxygens (including phenoxy) is 1. The largest absolute Gasteiger partial charge is 0.494 e. The van der Waals surface area contributed by atoms with Crippen LogP contribution in [0.2, 0.25) is 10.0 Å². The first-order chi connectivity index (χ1) is 12.6. The van der Waals surface area contributed by atoms with Gasteiger partial charge in [0.2, 0.25) is 0 Å². The smallest absolute Gasteiger partial charge is 0.147 e. The van der Waals surface area contributed by atoms with Gasteiger partial charge in [-0.25, -0.2) is 0 Å². The molecule has 2 heterocycles. The van der Waals surface area contributed by atoms with Crippen molar-refractivity contribution in [2.45, 2.75) is 19.1 Å². The summed E-state index contributed by atoms with van der Waals surface area (Å²) >= 11 is 12.3. The van der Waals surface area contributed by atoms with E-state index in [0.717, 1.165) is 47.4 Å². The summed E-state index contributed by atoms with van der Waals surface area (Å²) in [7, 11) is 1.65. The standard InChI is InChI=1S/C20H20Cl2N2O2/c1-26-20-15(22)5-6-16-19(20)14-7-8-24(10-17(14)23-16)11-18(25)12-3-2-4-13(21)9-12/h2-6,9,18,23,25H,7-8,10-11H2,1H3. The van der Waals surface area contributed by atoms with Gasteiger partial charge in [-0.1, -0.05) is 35.3 Å². The quantitative estimate of drug-likeness (QED) is 0.685. The molecular formula is C20H20Cl2N2O2. The summed E-state index contributed by atoms with van der Waals surface area (Å²) in [6.45, 7) is 2.18. The first kappa shape index (κ1) is 17.7. The Labute approximate surface area is 162 Å². The first-order valence-electron chi connectivity index (χ1n) is 8.58. The molecule has 0 fully saturated rings. The van der Waals surface area contributed by atoms with Crippen LogP contribution < -0.4 is 4.74 Å². The molecule has 1 unspecified atom stereocenters. The molecule has 4 rings (SSSR count). The van der Waals surface area contributed by atoms with Crippen molar-refractivity contribution in [3.8, 4) is 5.75 Å². The van der Waals surface area contributed by atoms with Crippen molar-refractivity contribution in [3.63, 3.8) is 0 Å². The number of halogens is 2. The molecule has 0 saturated heterocycles. The number of nitrogens with zero attached hydrogens (tertiary/aromatic N) is 1. The molecular weight excluding hydrogens is 371 g/mol. The van der Waals surface area contributed by atoms with E-state index in [2.05, 4.69) is 9.88 Å². The van der Waals surface area contributed by atoms with Gasteiger partial charge in [0, 0.05) is 41.3 Å². The predicted octanol–water partition coefficient (Wildman–Crippen LogP) is 4.58. The predicted molar refractivity (Wildman–Crippen MR) is 105 cm³/mol. The Morgan fingerprint density at radius 1 is 1.27 bits per heavy atom. The molecule has 1 atom stereocenters. The number of rotatable bonds is 4. The van der Waals surface area contributed by atoms with Gasteiger partial charge in [0.1, 0.15) is 5.75 Å². The number of fused-ring (bicyclic) bond motifs is 3. The second-order valence-corrected chi connectivity index (χ2v) is 7.48. The number of benzene rings is 2. The zero-order valence-electron chi connectivity index (χ0n) is 14.4. The molecule has 2 N–H and O–H groups in total. The fraction of sp³-hybridized carbons (Fsp3) is 0.300. The summed E-state index contributed by atoms with van der Waals surface area (Å²) < 4.78 is 5.53. The highest BCUT2D eigenvalue weighted by Gasteiger charge is 2.25. The van der Waals surface area contributed by atoms with Crippen molar-refractivity contribution in [1.82, 2.24) is 9.88 Å². The van der Waals surface area contributed by atoms with Gasteiger partial charge in [-0.05, 0) is 41.8 Å². The number of nitrogens with one attached hydrogen (secondary N) is 1. The number of aromatic amines is 1. The van der Waals surface area contributed by atoms with Crippen LogP contribution in [0.15, 0.2) is 36.4 Å². The third kappa shape index (κ3) is 3.19. The number of aliphatic hydroxyl groups excluding tert-OH is 1. The minimum Gasteiger partial charge on any atom is -0.494 e. The third-order valence-corrected chi connectivity index (χ3v) is 5.52. The minimum absolute atomic E-state index is 0.563.